The van der Waals surface area contributed by atoms with E-state index in [4.69, 9.17) is 4.74 Å². The Balaban J connectivity index is 1.71. The van der Waals surface area contributed by atoms with Crippen LogP contribution >= 0.6 is 0 Å². The second kappa shape index (κ2) is 9.99. The average molecular weight is 484 g/mol. The Morgan fingerprint density at radius 2 is 1.82 bits per heavy atom. The number of carbonyl (C=O) groups excluding carboxylic acids is 1. The highest BCUT2D eigenvalue weighted by molar-refractivity contribution is 7.89. The summed E-state index contributed by atoms with van der Waals surface area (Å²) in [5.41, 5.74) is 0.848. The Morgan fingerprint density at radius 1 is 1.09 bits per heavy atom. The molecule has 1 saturated heterocycles. The van der Waals surface area contributed by atoms with Crippen LogP contribution in [0.25, 0.3) is 10.9 Å². The summed E-state index contributed by atoms with van der Waals surface area (Å²) in [6, 6.07) is 11.9. The van der Waals surface area contributed by atoms with E-state index >= 15 is 0 Å². The standard InChI is InChI=1S/C25H29N3O5S/c1-3-27-17-21(25(30)26-16-18-9-5-6-10-23(18)33-2)24(29)20-15-19(11-12-22(20)27)34(31,32)28-13-7-4-8-14-28/h5-6,9-12,15,17H,3-4,7-8,13-14,16H2,1-2H3,(H,26,30). The van der Waals surface area contributed by atoms with Gasteiger partial charge in [-0.1, -0.05) is 24.6 Å². The van der Waals surface area contributed by atoms with Crippen LogP contribution in [0.15, 0.2) is 58.4 Å². The molecule has 180 valence electrons. The van der Waals surface area contributed by atoms with Crippen molar-refractivity contribution in [1.29, 1.82) is 0 Å². The number of para-hydroxylation sites is 1. The number of rotatable bonds is 7. The normalized spacial score (nSPS) is 14.8. The molecule has 4 rings (SSSR count). The number of amides is 1. The van der Waals surface area contributed by atoms with Crippen molar-refractivity contribution in [3.8, 4) is 5.75 Å². The van der Waals surface area contributed by atoms with E-state index in [0.29, 0.717) is 30.9 Å². The number of benzene rings is 2. The van der Waals surface area contributed by atoms with Crippen molar-refractivity contribution in [3.05, 3.63) is 70.0 Å². The molecule has 0 atom stereocenters. The zero-order valence-corrected chi connectivity index (χ0v) is 20.2. The number of aryl methyl sites for hydroxylation is 1. The Bertz CT molecular complexity index is 1380. The van der Waals surface area contributed by atoms with Crippen molar-refractivity contribution in [1.82, 2.24) is 14.2 Å². The fourth-order valence-electron chi connectivity index (χ4n) is 4.33. The number of piperidine rings is 1. The molecule has 2 aromatic carbocycles. The SMILES string of the molecule is CCn1cc(C(=O)NCc2ccccc2OC)c(=O)c2cc(S(=O)(=O)N3CCCCC3)ccc21. The van der Waals surface area contributed by atoms with Gasteiger partial charge in [-0.3, -0.25) is 9.59 Å². The highest BCUT2D eigenvalue weighted by Gasteiger charge is 2.27. The van der Waals surface area contributed by atoms with Gasteiger partial charge in [0.2, 0.25) is 15.5 Å². The smallest absolute Gasteiger partial charge is 0.257 e. The number of pyridine rings is 1. The molecular formula is C25H29N3O5S. The van der Waals surface area contributed by atoms with Crippen molar-refractivity contribution < 1.29 is 17.9 Å². The van der Waals surface area contributed by atoms with E-state index in [1.54, 1.807) is 29.9 Å². The minimum atomic E-state index is -3.71. The lowest BCUT2D eigenvalue weighted by Crippen LogP contribution is -2.35. The molecule has 9 heteroatoms. The summed E-state index contributed by atoms with van der Waals surface area (Å²) in [4.78, 5) is 26.4. The first-order valence-corrected chi connectivity index (χ1v) is 12.9. The van der Waals surface area contributed by atoms with E-state index in [1.165, 1.54) is 16.6 Å². The molecule has 1 aromatic heterocycles. The molecule has 0 radical (unpaired) electrons. The van der Waals surface area contributed by atoms with Crippen LogP contribution in [0.3, 0.4) is 0 Å². The predicted molar refractivity (Wildman–Crippen MR) is 131 cm³/mol. The maximum Gasteiger partial charge on any atom is 0.257 e. The maximum absolute atomic E-state index is 13.3. The van der Waals surface area contributed by atoms with Gasteiger partial charge in [0.1, 0.15) is 11.3 Å². The molecule has 1 fully saturated rings. The van der Waals surface area contributed by atoms with Crippen molar-refractivity contribution in [3.63, 3.8) is 0 Å². The molecule has 34 heavy (non-hydrogen) atoms. The van der Waals surface area contributed by atoms with Gasteiger partial charge in [0.05, 0.1) is 17.5 Å². The fraction of sp³-hybridized carbons (Fsp3) is 0.360. The van der Waals surface area contributed by atoms with E-state index in [9.17, 15) is 18.0 Å². The van der Waals surface area contributed by atoms with E-state index in [1.807, 2.05) is 25.1 Å². The van der Waals surface area contributed by atoms with Gasteiger partial charge in [0.15, 0.2) is 0 Å². The number of hydrogen-bond donors (Lipinski definition) is 1. The quantitative estimate of drug-likeness (QED) is 0.557. The zero-order valence-electron chi connectivity index (χ0n) is 19.4. The van der Waals surface area contributed by atoms with Crippen LogP contribution in [0.1, 0.15) is 42.1 Å². The van der Waals surface area contributed by atoms with Crippen LogP contribution < -0.4 is 15.5 Å². The van der Waals surface area contributed by atoms with Gasteiger partial charge in [-0.05, 0) is 44.0 Å². The van der Waals surface area contributed by atoms with Crippen LogP contribution in [0.4, 0.5) is 0 Å². The van der Waals surface area contributed by atoms with Gasteiger partial charge < -0.3 is 14.6 Å². The van der Waals surface area contributed by atoms with Crippen molar-refractivity contribution in [2.45, 2.75) is 44.2 Å². The van der Waals surface area contributed by atoms with Crippen LogP contribution in [0, 0.1) is 0 Å². The number of aromatic nitrogens is 1. The van der Waals surface area contributed by atoms with E-state index < -0.39 is 21.4 Å². The Kier molecular flexibility index (Phi) is 7.04. The van der Waals surface area contributed by atoms with Crippen LogP contribution in [-0.2, 0) is 23.1 Å². The summed E-state index contributed by atoms with van der Waals surface area (Å²) in [6.07, 6.45) is 4.19. The molecule has 1 aliphatic heterocycles. The lowest BCUT2D eigenvalue weighted by atomic mass is 10.1. The number of fused-ring (bicyclic) bond motifs is 1. The number of nitrogens with one attached hydrogen (secondary N) is 1. The van der Waals surface area contributed by atoms with Crippen LogP contribution in [-0.4, -0.2) is 43.4 Å². The molecule has 0 spiro atoms. The van der Waals surface area contributed by atoms with E-state index in [0.717, 1.165) is 24.8 Å². The van der Waals surface area contributed by atoms with Crippen molar-refractivity contribution in [2.24, 2.45) is 0 Å². The number of methoxy groups -OCH3 is 1. The first-order valence-electron chi connectivity index (χ1n) is 11.4. The third kappa shape index (κ3) is 4.58. The zero-order chi connectivity index (χ0) is 24.3. The third-order valence-electron chi connectivity index (χ3n) is 6.22. The topological polar surface area (TPSA) is 97.7 Å². The van der Waals surface area contributed by atoms with Gasteiger partial charge in [-0.2, -0.15) is 4.31 Å². The predicted octanol–water partition coefficient (Wildman–Crippen LogP) is 3.13. The first-order chi connectivity index (χ1) is 16.4. The molecule has 0 aliphatic carbocycles. The summed E-state index contributed by atoms with van der Waals surface area (Å²) in [7, 11) is -2.15. The van der Waals surface area contributed by atoms with Crippen LogP contribution in [0.2, 0.25) is 0 Å². The third-order valence-corrected chi connectivity index (χ3v) is 8.12. The summed E-state index contributed by atoms with van der Waals surface area (Å²) in [6.45, 7) is 3.56. The largest absolute Gasteiger partial charge is 0.496 e. The van der Waals surface area contributed by atoms with Gasteiger partial charge in [-0.15, -0.1) is 0 Å². The molecule has 1 aliphatic rings. The first kappa shape index (κ1) is 24.0. The molecule has 0 bridgehead atoms. The summed E-state index contributed by atoms with van der Waals surface area (Å²) in [5.74, 6) is 0.115. The molecule has 8 nitrogen and oxygen atoms in total. The van der Waals surface area contributed by atoms with E-state index in [2.05, 4.69) is 5.32 Å². The second-order valence-electron chi connectivity index (χ2n) is 8.30. The number of ether oxygens (including phenoxy) is 1. The minimum absolute atomic E-state index is 0.0308. The lowest BCUT2D eigenvalue weighted by molar-refractivity contribution is 0.0949. The molecular weight excluding hydrogens is 454 g/mol. The highest BCUT2D eigenvalue weighted by Crippen LogP contribution is 2.24. The number of hydrogen-bond acceptors (Lipinski definition) is 5. The van der Waals surface area contributed by atoms with Gasteiger partial charge >= 0.3 is 0 Å². The summed E-state index contributed by atoms with van der Waals surface area (Å²) in [5, 5.41) is 3.00. The van der Waals surface area contributed by atoms with Crippen molar-refractivity contribution in [2.75, 3.05) is 20.2 Å². The molecule has 1 N–H and O–H groups in total. The Hall–Kier alpha value is -3.17. The average Bonchev–Trinajstić information content (AvgIpc) is 2.88. The Morgan fingerprint density at radius 3 is 2.53 bits per heavy atom. The fourth-order valence-corrected chi connectivity index (χ4v) is 5.88. The molecule has 0 unspecified atom stereocenters. The van der Waals surface area contributed by atoms with Gasteiger partial charge in [-0.25, -0.2) is 8.42 Å². The molecule has 0 saturated carbocycles. The number of nitrogens with zero attached hydrogens (tertiary/aromatic N) is 2. The monoisotopic (exact) mass is 483 g/mol. The molecule has 2 heterocycles. The van der Waals surface area contributed by atoms with Gasteiger partial charge in [0, 0.05) is 43.3 Å². The molecule has 3 aromatic rings. The van der Waals surface area contributed by atoms with Crippen LogP contribution in [0.5, 0.6) is 5.75 Å². The summed E-state index contributed by atoms with van der Waals surface area (Å²) < 4.78 is 34.9. The maximum atomic E-state index is 13.3. The number of sulfonamides is 1. The van der Waals surface area contributed by atoms with Gasteiger partial charge in [0.25, 0.3) is 5.91 Å². The highest BCUT2D eigenvalue weighted by atomic mass is 32.2. The summed E-state index contributed by atoms with van der Waals surface area (Å²) >= 11 is 0. The minimum Gasteiger partial charge on any atom is -0.496 e. The Labute approximate surface area is 199 Å². The van der Waals surface area contributed by atoms with E-state index in [-0.39, 0.29) is 22.4 Å². The molecule has 1 amide bonds. The number of carbonyl (C=O) groups is 1. The lowest BCUT2D eigenvalue weighted by Gasteiger charge is -2.26. The van der Waals surface area contributed by atoms with Crippen molar-refractivity contribution >= 4 is 26.8 Å². The second-order valence-corrected chi connectivity index (χ2v) is 10.2.